The van der Waals surface area contributed by atoms with Gasteiger partial charge in [-0.05, 0) is 38.9 Å². The summed E-state index contributed by atoms with van der Waals surface area (Å²) >= 11 is 0. The summed E-state index contributed by atoms with van der Waals surface area (Å²) in [6, 6.07) is 0.662. The smallest absolute Gasteiger partial charge is 0.226 e. The normalized spacial score (nSPS) is 16.6. The van der Waals surface area contributed by atoms with Crippen LogP contribution in [0.4, 0.5) is 0 Å². The summed E-state index contributed by atoms with van der Waals surface area (Å²) in [5.74, 6) is 1.57. The lowest BCUT2D eigenvalue weighted by molar-refractivity contribution is 0.149. The molecular weight excluding hydrogens is 264 g/mol. The standard InChI is InChI=1S/C13H24N4O.ClH/c1-3-9-17(11-5-7-14-8-6-11)10-12-15-13(4-2)18-16-12;/h11,14H,3-10H2,1-2H3;1H. The first-order chi connectivity index (χ1) is 8.83. The van der Waals surface area contributed by atoms with Crippen LogP contribution in [0.25, 0.3) is 0 Å². The fourth-order valence-corrected chi connectivity index (χ4v) is 2.53. The summed E-state index contributed by atoms with van der Waals surface area (Å²) in [5.41, 5.74) is 0. The van der Waals surface area contributed by atoms with Crippen LogP contribution in [-0.2, 0) is 13.0 Å². The highest BCUT2D eigenvalue weighted by Crippen LogP contribution is 2.15. The number of aryl methyl sites for hydroxylation is 1. The number of piperidine rings is 1. The number of hydrogen-bond acceptors (Lipinski definition) is 5. The molecule has 110 valence electrons. The molecular formula is C13H25ClN4O. The number of aromatic nitrogens is 2. The van der Waals surface area contributed by atoms with Crippen molar-refractivity contribution in [2.45, 2.75) is 52.1 Å². The van der Waals surface area contributed by atoms with Gasteiger partial charge in [0.15, 0.2) is 5.82 Å². The van der Waals surface area contributed by atoms with Gasteiger partial charge in [-0.15, -0.1) is 12.4 Å². The van der Waals surface area contributed by atoms with Crippen molar-refractivity contribution >= 4 is 12.4 Å². The Kier molecular flexibility index (Phi) is 7.34. The van der Waals surface area contributed by atoms with Crippen LogP contribution >= 0.6 is 12.4 Å². The first-order valence-corrected chi connectivity index (χ1v) is 7.09. The average Bonchev–Trinajstić information content (AvgIpc) is 2.87. The van der Waals surface area contributed by atoms with Gasteiger partial charge in [0, 0.05) is 12.5 Å². The van der Waals surface area contributed by atoms with Gasteiger partial charge in [-0.2, -0.15) is 4.98 Å². The quantitative estimate of drug-likeness (QED) is 0.868. The lowest BCUT2D eigenvalue weighted by atomic mass is 10.0. The average molecular weight is 289 g/mol. The predicted molar refractivity (Wildman–Crippen MR) is 77.5 cm³/mol. The number of halogens is 1. The van der Waals surface area contributed by atoms with E-state index in [1.165, 1.54) is 19.3 Å². The number of nitrogens with one attached hydrogen (secondary N) is 1. The van der Waals surface area contributed by atoms with Crippen LogP contribution in [-0.4, -0.2) is 40.7 Å². The molecule has 0 bridgehead atoms. The Morgan fingerprint density at radius 3 is 2.63 bits per heavy atom. The Bertz CT molecular complexity index is 352. The molecule has 5 nitrogen and oxygen atoms in total. The van der Waals surface area contributed by atoms with Crippen LogP contribution in [0.15, 0.2) is 4.52 Å². The van der Waals surface area contributed by atoms with Gasteiger partial charge in [-0.1, -0.05) is 19.0 Å². The molecule has 6 heteroatoms. The molecule has 2 heterocycles. The van der Waals surface area contributed by atoms with Gasteiger partial charge >= 0.3 is 0 Å². The maximum atomic E-state index is 5.18. The van der Waals surface area contributed by atoms with Gasteiger partial charge in [0.25, 0.3) is 0 Å². The van der Waals surface area contributed by atoms with E-state index < -0.39 is 0 Å². The first kappa shape index (κ1) is 16.4. The number of hydrogen-bond donors (Lipinski definition) is 1. The molecule has 1 aromatic heterocycles. The molecule has 1 aliphatic rings. The molecule has 1 aliphatic heterocycles. The van der Waals surface area contributed by atoms with Crippen molar-refractivity contribution in [3.05, 3.63) is 11.7 Å². The Morgan fingerprint density at radius 1 is 1.32 bits per heavy atom. The van der Waals surface area contributed by atoms with Gasteiger partial charge in [-0.3, -0.25) is 4.90 Å². The van der Waals surface area contributed by atoms with Gasteiger partial charge in [0.1, 0.15) is 0 Å². The third-order valence-electron chi connectivity index (χ3n) is 3.49. The van der Waals surface area contributed by atoms with Crippen LogP contribution in [0.1, 0.15) is 44.8 Å². The van der Waals surface area contributed by atoms with E-state index in [1.807, 2.05) is 6.92 Å². The molecule has 1 saturated heterocycles. The lowest BCUT2D eigenvalue weighted by Crippen LogP contribution is -2.43. The third-order valence-corrected chi connectivity index (χ3v) is 3.49. The number of nitrogens with zero attached hydrogens (tertiary/aromatic N) is 3. The monoisotopic (exact) mass is 288 g/mol. The molecule has 0 aliphatic carbocycles. The van der Waals surface area contributed by atoms with E-state index in [0.29, 0.717) is 6.04 Å². The zero-order chi connectivity index (χ0) is 12.8. The molecule has 0 amide bonds. The molecule has 0 radical (unpaired) electrons. The molecule has 0 unspecified atom stereocenters. The van der Waals surface area contributed by atoms with Crippen molar-refractivity contribution in [2.24, 2.45) is 0 Å². The second kappa shape index (κ2) is 8.51. The minimum Gasteiger partial charge on any atom is -0.339 e. The summed E-state index contributed by atoms with van der Waals surface area (Å²) in [5, 5.41) is 7.47. The van der Waals surface area contributed by atoms with Crippen molar-refractivity contribution in [1.29, 1.82) is 0 Å². The predicted octanol–water partition coefficient (Wildman–Crippen LogP) is 2.02. The van der Waals surface area contributed by atoms with Crippen LogP contribution in [0.2, 0.25) is 0 Å². The largest absolute Gasteiger partial charge is 0.339 e. The fraction of sp³-hybridized carbons (Fsp3) is 0.846. The summed E-state index contributed by atoms with van der Waals surface area (Å²) in [6.07, 6.45) is 4.42. The lowest BCUT2D eigenvalue weighted by Gasteiger charge is -2.33. The second-order valence-corrected chi connectivity index (χ2v) is 4.91. The van der Waals surface area contributed by atoms with Gasteiger partial charge in [0.05, 0.1) is 6.54 Å². The van der Waals surface area contributed by atoms with Crippen molar-refractivity contribution in [2.75, 3.05) is 19.6 Å². The molecule has 1 fully saturated rings. The summed E-state index contributed by atoms with van der Waals surface area (Å²) in [4.78, 5) is 6.92. The van der Waals surface area contributed by atoms with E-state index in [2.05, 4.69) is 27.3 Å². The van der Waals surface area contributed by atoms with E-state index in [9.17, 15) is 0 Å². The maximum absolute atomic E-state index is 5.18. The van der Waals surface area contributed by atoms with Gasteiger partial charge in [0.2, 0.25) is 5.89 Å². The van der Waals surface area contributed by atoms with E-state index in [-0.39, 0.29) is 12.4 Å². The molecule has 2 rings (SSSR count). The van der Waals surface area contributed by atoms with Crippen LogP contribution < -0.4 is 5.32 Å². The zero-order valence-corrected chi connectivity index (χ0v) is 12.7. The SMILES string of the molecule is CCCN(Cc1noc(CC)n1)C1CCNCC1.Cl. The highest BCUT2D eigenvalue weighted by molar-refractivity contribution is 5.85. The summed E-state index contributed by atoms with van der Waals surface area (Å²) < 4.78 is 5.18. The van der Waals surface area contributed by atoms with Crippen molar-refractivity contribution < 1.29 is 4.52 Å². The second-order valence-electron chi connectivity index (χ2n) is 4.91. The van der Waals surface area contributed by atoms with Gasteiger partial charge in [-0.25, -0.2) is 0 Å². The minimum absolute atomic E-state index is 0. The van der Waals surface area contributed by atoms with Crippen LogP contribution in [0.3, 0.4) is 0 Å². The van der Waals surface area contributed by atoms with E-state index in [1.54, 1.807) is 0 Å². The fourth-order valence-electron chi connectivity index (χ4n) is 2.53. The Balaban J connectivity index is 0.00000180. The molecule has 0 atom stereocenters. The van der Waals surface area contributed by atoms with E-state index in [0.717, 1.165) is 44.3 Å². The topological polar surface area (TPSA) is 54.2 Å². The first-order valence-electron chi connectivity index (χ1n) is 7.09. The van der Waals surface area contributed by atoms with Crippen molar-refractivity contribution in [1.82, 2.24) is 20.4 Å². The molecule has 1 N–H and O–H groups in total. The maximum Gasteiger partial charge on any atom is 0.226 e. The zero-order valence-electron chi connectivity index (χ0n) is 11.9. The van der Waals surface area contributed by atoms with Crippen LogP contribution in [0, 0.1) is 0 Å². The molecule has 19 heavy (non-hydrogen) atoms. The Morgan fingerprint density at radius 2 is 2.05 bits per heavy atom. The summed E-state index contributed by atoms with van der Waals surface area (Å²) in [7, 11) is 0. The van der Waals surface area contributed by atoms with Crippen molar-refractivity contribution in [3.63, 3.8) is 0 Å². The van der Waals surface area contributed by atoms with E-state index in [4.69, 9.17) is 4.52 Å². The van der Waals surface area contributed by atoms with Gasteiger partial charge < -0.3 is 9.84 Å². The Hall–Kier alpha value is -0.650. The molecule has 0 aromatic carbocycles. The summed E-state index contributed by atoms with van der Waals surface area (Å²) in [6.45, 7) is 8.44. The third kappa shape index (κ3) is 4.75. The Labute approximate surface area is 121 Å². The molecule has 0 spiro atoms. The van der Waals surface area contributed by atoms with Crippen molar-refractivity contribution in [3.8, 4) is 0 Å². The van der Waals surface area contributed by atoms with Crippen LogP contribution in [0.5, 0.6) is 0 Å². The molecule has 0 saturated carbocycles. The minimum atomic E-state index is 0. The highest BCUT2D eigenvalue weighted by atomic mass is 35.5. The van der Waals surface area contributed by atoms with E-state index >= 15 is 0 Å². The molecule has 1 aromatic rings. The highest BCUT2D eigenvalue weighted by Gasteiger charge is 2.21. The number of rotatable bonds is 6.